The highest BCUT2D eigenvalue weighted by Gasteiger charge is 2.52. The highest BCUT2D eigenvalue weighted by Crippen LogP contribution is 2.42. The van der Waals surface area contributed by atoms with Crippen molar-refractivity contribution < 1.29 is 19.4 Å². The van der Waals surface area contributed by atoms with Gasteiger partial charge in [0.15, 0.2) is 0 Å². The fraction of sp³-hybridized carbons (Fsp3) is 0.818. The van der Waals surface area contributed by atoms with Gasteiger partial charge in [-0.05, 0) is 33.1 Å². The van der Waals surface area contributed by atoms with Gasteiger partial charge >= 0.3 is 12.1 Å². The molecule has 0 radical (unpaired) electrons. The first kappa shape index (κ1) is 11.2. The molecule has 90 valence electrons. The lowest BCUT2D eigenvalue weighted by Crippen LogP contribution is -2.39. The van der Waals surface area contributed by atoms with Gasteiger partial charge in [-0.2, -0.15) is 0 Å². The van der Waals surface area contributed by atoms with E-state index in [2.05, 4.69) is 0 Å². The molecule has 3 atom stereocenters. The lowest BCUT2D eigenvalue weighted by molar-refractivity contribution is -0.142. The lowest BCUT2D eigenvalue weighted by atomic mass is 9.89. The standard InChI is InChI=1S/C11H17NO4/c1-6(2)16-11(15)12-7-3-4-9(12)8(5-7)10(13)14/h6-9H,3-5H2,1-2H3,(H,13,14). The van der Waals surface area contributed by atoms with Crippen LogP contribution in [0.25, 0.3) is 0 Å². The van der Waals surface area contributed by atoms with Crippen LogP contribution < -0.4 is 0 Å². The summed E-state index contributed by atoms with van der Waals surface area (Å²) in [6.07, 6.45) is 1.76. The molecule has 0 aromatic rings. The zero-order valence-corrected chi connectivity index (χ0v) is 9.55. The topological polar surface area (TPSA) is 66.8 Å². The molecule has 0 aliphatic carbocycles. The molecule has 2 saturated heterocycles. The summed E-state index contributed by atoms with van der Waals surface area (Å²) in [6, 6.07) is -0.0916. The van der Waals surface area contributed by atoms with Gasteiger partial charge < -0.3 is 14.7 Å². The van der Waals surface area contributed by atoms with Crippen LogP contribution in [-0.4, -0.2) is 40.3 Å². The third-order valence-corrected chi connectivity index (χ3v) is 3.40. The largest absolute Gasteiger partial charge is 0.481 e. The van der Waals surface area contributed by atoms with E-state index < -0.39 is 11.9 Å². The second kappa shape index (κ2) is 3.96. The highest BCUT2D eigenvalue weighted by molar-refractivity contribution is 5.76. The van der Waals surface area contributed by atoms with Gasteiger partial charge in [-0.15, -0.1) is 0 Å². The maximum Gasteiger partial charge on any atom is 0.410 e. The van der Waals surface area contributed by atoms with E-state index in [0.29, 0.717) is 6.42 Å². The lowest BCUT2D eigenvalue weighted by Gasteiger charge is -2.23. The number of carbonyl (C=O) groups excluding carboxylic acids is 1. The summed E-state index contributed by atoms with van der Waals surface area (Å²) in [4.78, 5) is 24.4. The van der Waals surface area contributed by atoms with Crippen LogP contribution in [0.3, 0.4) is 0 Å². The third kappa shape index (κ3) is 1.74. The molecule has 2 heterocycles. The number of fused-ring (bicyclic) bond motifs is 2. The Hall–Kier alpha value is -1.26. The number of carboxylic acids is 1. The van der Waals surface area contributed by atoms with Gasteiger partial charge in [-0.1, -0.05) is 0 Å². The zero-order chi connectivity index (χ0) is 11.9. The van der Waals surface area contributed by atoms with E-state index in [1.54, 1.807) is 18.7 Å². The number of hydrogen-bond donors (Lipinski definition) is 1. The average Bonchev–Trinajstić information content (AvgIpc) is 2.72. The monoisotopic (exact) mass is 227 g/mol. The molecule has 5 heteroatoms. The number of nitrogens with zero attached hydrogens (tertiary/aromatic N) is 1. The van der Waals surface area contributed by atoms with Crippen LogP contribution >= 0.6 is 0 Å². The molecular formula is C11H17NO4. The number of rotatable bonds is 2. The number of ether oxygens (including phenoxy) is 1. The van der Waals surface area contributed by atoms with Crippen LogP contribution in [0.5, 0.6) is 0 Å². The molecule has 0 aromatic carbocycles. The highest BCUT2D eigenvalue weighted by atomic mass is 16.6. The minimum atomic E-state index is -0.797. The van der Waals surface area contributed by atoms with Crippen LogP contribution in [0, 0.1) is 5.92 Å². The first-order chi connectivity index (χ1) is 7.50. The predicted octanol–water partition coefficient (Wildman–Crippen LogP) is 1.47. The first-order valence-corrected chi connectivity index (χ1v) is 5.72. The van der Waals surface area contributed by atoms with Gasteiger partial charge in [-0.25, -0.2) is 4.79 Å². The van der Waals surface area contributed by atoms with Crippen molar-refractivity contribution in [3.63, 3.8) is 0 Å². The van der Waals surface area contributed by atoms with E-state index in [-0.39, 0.29) is 24.3 Å². The van der Waals surface area contributed by atoms with Crippen LogP contribution in [0.1, 0.15) is 33.1 Å². The molecule has 3 unspecified atom stereocenters. The summed E-state index contributed by atoms with van der Waals surface area (Å²) in [5.41, 5.74) is 0. The van der Waals surface area contributed by atoms with Crippen molar-refractivity contribution in [3.8, 4) is 0 Å². The summed E-state index contributed by atoms with van der Waals surface area (Å²) >= 11 is 0. The zero-order valence-electron chi connectivity index (χ0n) is 9.55. The fourth-order valence-electron chi connectivity index (χ4n) is 2.80. The molecule has 2 aliphatic rings. The summed E-state index contributed by atoms with van der Waals surface area (Å²) < 4.78 is 5.14. The van der Waals surface area contributed by atoms with Crippen molar-refractivity contribution >= 4 is 12.1 Å². The van der Waals surface area contributed by atoms with Gasteiger partial charge in [0.1, 0.15) is 0 Å². The average molecular weight is 227 g/mol. The molecule has 1 N–H and O–H groups in total. The summed E-state index contributed by atoms with van der Waals surface area (Å²) in [5.74, 6) is -1.20. The maximum atomic E-state index is 11.8. The normalized spacial score (nSPS) is 32.2. The van der Waals surface area contributed by atoms with Crippen molar-refractivity contribution in [2.24, 2.45) is 5.92 Å². The number of carbonyl (C=O) groups is 2. The van der Waals surface area contributed by atoms with E-state index in [0.717, 1.165) is 12.8 Å². The third-order valence-electron chi connectivity index (χ3n) is 3.40. The summed E-state index contributed by atoms with van der Waals surface area (Å²) in [5, 5.41) is 9.04. The van der Waals surface area contributed by atoms with Crippen molar-refractivity contribution in [2.45, 2.75) is 51.3 Å². The van der Waals surface area contributed by atoms with E-state index in [1.807, 2.05) is 0 Å². The molecule has 2 bridgehead atoms. The van der Waals surface area contributed by atoms with Crippen LogP contribution in [0.15, 0.2) is 0 Å². The van der Waals surface area contributed by atoms with Gasteiger partial charge in [0, 0.05) is 12.1 Å². The molecule has 1 amide bonds. The molecule has 0 spiro atoms. The molecule has 5 nitrogen and oxygen atoms in total. The Labute approximate surface area is 94.4 Å². The minimum absolute atomic E-state index is 0.0670. The molecular weight excluding hydrogens is 210 g/mol. The number of carboxylic acid groups (broad SMARTS) is 1. The second-order valence-electron chi connectivity index (χ2n) is 4.82. The number of aliphatic carboxylic acids is 1. The van der Waals surface area contributed by atoms with Gasteiger partial charge in [0.05, 0.1) is 12.0 Å². The number of hydrogen-bond acceptors (Lipinski definition) is 3. The van der Waals surface area contributed by atoms with Crippen molar-refractivity contribution in [1.82, 2.24) is 4.90 Å². The fourth-order valence-corrected chi connectivity index (χ4v) is 2.80. The Balaban J connectivity index is 2.07. The second-order valence-corrected chi connectivity index (χ2v) is 4.82. The molecule has 0 saturated carbocycles. The molecule has 2 rings (SSSR count). The Morgan fingerprint density at radius 2 is 2.06 bits per heavy atom. The van der Waals surface area contributed by atoms with Crippen molar-refractivity contribution in [1.29, 1.82) is 0 Å². The minimum Gasteiger partial charge on any atom is -0.481 e. The van der Waals surface area contributed by atoms with E-state index in [1.165, 1.54) is 0 Å². The first-order valence-electron chi connectivity index (χ1n) is 5.72. The van der Waals surface area contributed by atoms with Gasteiger partial charge in [0.25, 0.3) is 0 Å². The maximum absolute atomic E-state index is 11.8. The molecule has 16 heavy (non-hydrogen) atoms. The Kier molecular flexibility index (Phi) is 2.78. The molecule has 0 aromatic heterocycles. The van der Waals surface area contributed by atoms with E-state index >= 15 is 0 Å². The number of amides is 1. The SMILES string of the molecule is CC(C)OC(=O)N1C2CCC1C(C(=O)O)C2. The smallest absolute Gasteiger partial charge is 0.410 e. The van der Waals surface area contributed by atoms with Crippen molar-refractivity contribution in [2.75, 3.05) is 0 Å². The van der Waals surface area contributed by atoms with Gasteiger partial charge in [0.2, 0.25) is 0 Å². The van der Waals surface area contributed by atoms with E-state index in [9.17, 15) is 9.59 Å². The van der Waals surface area contributed by atoms with Crippen LogP contribution in [0.4, 0.5) is 4.79 Å². The Morgan fingerprint density at radius 3 is 2.56 bits per heavy atom. The molecule has 2 aliphatic heterocycles. The summed E-state index contributed by atoms with van der Waals surface area (Å²) in [7, 11) is 0. The Bertz CT molecular complexity index is 315. The van der Waals surface area contributed by atoms with Gasteiger partial charge in [-0.3, -0.25) is 4.79 Å². The molecule has 2 fully saturated rings. The summed E-state index contributed by atoms with van der Waals surface area (Å²) in [6.45, 7) is 3.59. The Morgan fingerprint density at radius 1 is 1.38 bits per heavy atom. The van der Waals surface area contributed by atoms with Crippen LogP contribution in [-0.2, 0) is 9.53 Å². The quantitative estimate of drug-likeness (QED) is 0.775. The van der Waals surface area contributed by atoms with E-state index in [4.69, 9.17) is 9.84 Å². The van der Waals surface area contributed by atoms with Crippen molar-refractivity contribution in [3.05, 3.63) is 0 Å². The van der Waals surface area contributed by atoms with Crippen LogP contribution in [0.2, 0.25) is 0 Å². The predicted molar refractivity (Wildman–Crippen MR) is 56.0 cm³/mol.